The Bertz CT molecular complexity index is 1160. The Hall–Kier alpha value is -3.55. The molecule has 2 amide bonds. The van der Waals surface area contributed by atoms with E-state index in [1.807, 2.05) is 24.3 Å². The molecular formula is C28H31N3O4. The average Bonchev–Trinajstić information content (AvgIpc) is 3.41. The van der Waals surface area contributed by atoms with Crippen LogP contribution in [-0.4, -0.2) is 41.7 Å². The van der Waals surface area contributed by atoms with Crippen LogP contribution < -0.4 is 10.6 Å². The van der Waals surface area contributed by atoms with Crippen molar-refractivity contribution in [2.45, 2.75) is 44.4 Å². The quantitative estimate of drug-likeness (QED) is 0.436. The first-order valence-electron chi connectivity index (χ1n) is 11.9. The van der Waals surface area contributed by atoms with Gasteiger partial charge in [0.05, 0.1) is 19.3 Å². The molecule has 1 aliphatic rings. The molecule has 35 heavy (non-hydrogen) atoms. The minimum absolute atomic E-state index is 0.129. The largest absolute Gasteiger partial charge is 0.394 e. The highest BCUT2D eigenvalue weighted by molar-refractivity contribution is 5.97. The van der Waals surface area contributed by atoms with Crippen LogP contribution in [0, 0.1) is 0 Å². The summed E-state index contributed by atoms with van der Waals surface area (Å²) in [5.74, 6) is -0.450. The van der Waals surface area contributed by atoms with Gasteiger partial charge in [-0.1, -0.05) is 31.0 Å². The Morgan fingerprint density at radius 2 is 1.80 bits per heavy atom. The van der Waals surface area contributed by atoms with Crippen molar-refractivity contribution in [3.05, 3.63) is 89.2 Å². The van der Waals surface area contributed by atoms with Crippen molar-refractivity contribution < 1.29 is 19.4 Å². The fourth-order valence-corrected chi connectivity index (χ4v) is 4.52. The number of rotatable bonds is 9. The molecule has 7 heteroatoms. The number of hydrogen-bond acceptors (Lipinski definition) is 5. The van der Waals surface area contributed by atoms with E-state index in [0.717, 1.165) is 42.4 Å². The van der Waals surface area contributed by atoms with Crippen LogP contribution >= 0.6 is 0 Å². The van der Waals surface area contributed by atoms with Crippen LogP contribution in [0.15, 0.2) is 67.0 Å². The number of aromatic nitrogens is 1. The first-order chi connectivity index (χ1) is 17.1. The third-order valence-electron chi connectivity index (χ3n) is 6.39. The van der Waals surface area contributed by atoms with Gasteiger partial charge in [-0.15, -0.1) is 0 Å². The predicted molar refractivity (Wildman–Crippen MR) is 134 cm³/mol. The average molecular weight is 474 g/mol. The summed E-state index contributed by atoms with van der Waals surface area (Å²) in [6, 6.07) is 16.0. The van der Waals surface area contributed by atoms with Crippen LogP contribution in [0.5, 0.6) is 0 Å². The first-order valence-corrected chi connectivity index (χ1v) is 11.9. The third-order valence-corrected chi connectivity index (χ3v) is 6.39. The zero-order valence-corrected chi connectivity index (χ0v) is 19.9. The number of aliphatic hydroxyl groups excluding tert-OH is 1. The van der Waals surface area contributed by atoms with Crippen LogP contribution in [0.4, 0.5) is 0 Å². The first kappa shape index (κ1) is 24.6. The second-order valence-electron chi connectivity index (χ2n) is 8.83. The zero-order valence-electron chi connectivity index (χ0n) is 19.9. The monoisotopic (exact) mass is 473 g/mol. The van der Waals surface area contributed by atoms with Crippen LogP contribution in [-0.2, 0) is 11.3 Å². The fourth-order valence-electron chi connectivity index (χ4n) is 4.52. The molecule has 1 saturated carbocycles. The van der Waals surface area contributed by atoms with Crippen LogP contribution in [0.3, 0.4) is 0 Å². The highest BCUT2D eigenvalue weighted by Gasteiger charge is 2.21. The summed E-state index contributed by atoms with van der Waals surface area (Å²) in [6.45, 7) is -0.0313. The maximum atomic E-state index is 13.2. The van der Waals surface area contributed by atoms with Gasteiger partial charge in [0.25, 0.3) is 11.8 Å². The van der Waals surface area contributed by atoms with Gasteiger partial charge < -0.3 is 20.5 Å². The standard InChI is InChI=1S/C28H31N3O4/c1-35-18-23-15-20(19-11-13-29-14-12-19)9-10-25(23)28(34)31-26(17-32)21-5-4-6-22(16-21)27(33)30-24-7-2-3-8-24/h4-6,9-16,24,26,32H,2-3,7-8,17-18H2,1H3,(H,30,33)(H,31,34)/t26-/m1/s1. The van der Waals surface area contributed by atoms with Gasteiger partial charge >= 0.3 is 0 Å². The summed E-state index contributed by atoms with van der Waals surface area (Å²) in [7, 11) is 1.58. The van der Waals surface area contributed by atoms with E-state index in [1.165, 1.54) is 0 Å². The van der Waals surface area contributed by atoms with Gasteiger partial charge in [0.15, 0.2) is 0 Å². The lowest BCUT2D eigenvalue weighted by Gasteiger charge is -2.19. The van der Waals surface area contributed by atoms with E-state index < -0.39 is 6.04 Å². The van der Waals surface area contributed by atoms with Crippen molar-refractivity contribution in [1.82, 2.24) is 15.6 Å². The Kier molecular flexibility index (Phi) is 8.23. The molecule has 0 spiro atoms. The maximum absolute atomic E-state index is 13.2. The van der Waals surface area contributed by atoms with Gasteiger partial charge in [-0.2, -0.15) is 0 Å². The molecule has 0 aliphatic heterocycles. The summed E-state index contributed by atoms with van der Waals surface area (Å²) in [4.78, 5) is 30.0. The van der Waals surface area contributed by atoms with Gasteiger partial charge in [0.1, 0.15) is 0 Å². The molecule has 0 radical (unpaired) electrons. The molecule has 1 atom stereocenters. The normalized spacial score (nSPS) is 14.5. The van der Waals surface area contributed by atoms with E-state index in [1.54, 1.807) is 49.8 Å². The molecule has 7 nitrogen and oxygen atoms in total. The molecule has 182 valence electrons. The second-order valence-corrected chi connectivity index (χ2v) is 8.83. The number of nitrogens with one attached hydrogen (secondary N) is 2. The predicted octanol–water partition coefficient (Wildman–Crippen LogP) is 4.03. The number of carbonyl (C=O) groups is 2. The molecule has 1 heterocycles. The van der Waals surface area contributed by atoms with Crippen molar-refractivity contribution in [3.63, 3.8) is 0 Å². The number of pyridine rings is 1. The van der Waals surface area contributed by atoms with Crippen molar-refractivity contribution in [2.24, 2.45) is 0 Å². The molecule has 3 N–H and O–H groups in total. The van der Waals surface area contributed by atoms with E-state index in [0.29, 0.717) is 16.7 Å². The molecule has 0 unspecified atom stereocenters. The molecule has 1 fully saturated rings. The van der Waals surface area contributed by atoms with Crippen molar-refractivity contribution >= 4 is 11.8 Å². The SMILES string of the molecule is COCc1cc(-c2ccncc2)ccc1C(=O)N[C@H](CO)c1cccc(C(=O)NC2CCCC2)c1. The van der Waals surface area contributed by atoms with E-state index in [-0.39, 0.29) is 31.1 Å². The Balaban J connectivity index is 1.51. The number of nitrogens with zero attached hydrogens (tertiary/aromatic N) is 1. The topological polar surface area (TPSA) is 101 Å². The second kappa shape index (κ2) is 11.7. The lowest BCUT2D eigenvalue weighted by atomic mass is 9.98. The van der Waals surface area contributed by atoms with E-state index in [9.17, 15) is 14.7 Å². The van der Waals surface area contributed by atoms with Gasteiger partial charge in [-0.05, 0) is 71.5 Å². The molecule has 0 bridgehead atoms. The summed E-state index contributed by atoms with van der Waals surface area (Å²) >= 11 is 0. The number of carbonyl (C=O) groups excluding carboxylic acids is 2. The third kappa shape index (κ3) is 6.12. The Morgan fingerprint density at radius 3 is 2.51 bits per heavy atom. The molecule has 4 rings (SSSR count). The van der Waals surface area contributed by atoms with Crippen molar-refractivity contribution in [2.75, 3.05) is 13.7 Å². The number of aliphatic hydroxyl groups is 1. The highest BCUT2D eigenvalue weighted by Crippen LogP contribution is 2.24. The molecule has 2 aromatic carbocycles. The van der Waals surface area contributed by atoms with E-state index in [2.05, 4.69) is 15.6 Å². The molecule has 3 aromatic rings. The van der Waals surface area contributed by atoms with E-state index in [4.69, 9.17) is 4.74 Å². The van der Waals surface area contributed by atoms with Crippen LogP contribution in [0.1, 0.15) is 63.6 Å². The summed E-state index contributed by atoms with van der Waals surface area (Å²) in [5, 5.41) is 16.0. The fraction of sp³-hybridized carbons (Fsp3) is 0.321. The van der Waals surface area contributed by atoms with Gasteiger partial charge in [0.2, 0.25) is 0 Å². The number of hydrogen-bond donors (Lipinski definition) is 3. The molecule has 0 saturated heterocycles. The number of ether oxygens (including phenoxy) is 1. The van der Waals surface area contributed by atoms with Gasteiger partial charge in [-0.25, -0.2) is 0 Å². The summed E-state index contributed by atoms with van der Waals surface area (Å²) < 4.78 is 5.34. The number of benzene rings is 2. The Labute approximate surface area is 205 Å². The minimum Gasteiger partial charge on any atom is -0.394 e. The Morgan fingerprint density at radius 1 is 1.03 bits per heavy atom. The number of methoxy groups -OCH3 is 1. The van der Waals surface area contributed by atoms with Crippen molar-refractivity contribution in [1.29, 1.82) is 0 Å². The minimum atomic E-state index is -0.656. The van der Waals surface area contributed by atoms with Crippen LogP contribution in [0.2, 0.25) is 0 Å². The molecule has 1 aromatic heterocycles. The maximum Gasteiger partial charge on any atom is 0.252 e. The zero-order chi connectivity index (χ0) is 24.6. The van der Waals surface area contributed by atoms with E-state index >= 15 is 0 Å². The summed E-state index contributed by atoms with van der Waals surface area (Å²) in [5.41, 5.74) is 4.34. The van der Waals surface area contributed by atoms with Crippen LogP contribution in [0.25, 0.3) is 11.1 Å². The smallest absolute Gasteiger partial charge is 0.252 e. The van der Waals surface area contributed by atoms with Gasteiger partial charge in [0, 0.05) is 36.7 Å². The lowest BCUT2D eigenvalue weighted by Crippen LogP contribution is -2.33. The molecular weight excluding hydrogens is 442 g/mol. The highest BCUT2D eigenvalue weighted by atomic mass is 16.5. The number of amides is 2. The molecule has 1 aliphatic carbocycles. The van der Waals surface area contributed by atoms with Crippen molar-refractivity contribution in [3.8, 4) is 11.1 Å². The van der Waals surface area contributed by atoms with Gasteiger partial charge in [-0.3, -0.25) is 14.6 Å². The summed E-state index contributed by atoms with van der Waals surface area (Å²) in [6.07, 6.45) is 7.73. The lowest BCUT2D eigenvalue weighted by molar-refractivity contribution is 0.0911.